The molecule has 0 aromatic rings. The Morgan fingerprint density at radius 1 is 1.08 bits per heavy atom. The van der Waals surface area contributed by atoms with Gasteiger partial charge in [-0.15, -0.1) is 0 Å². The standard InChI is InChI=1S/C17H28O7/c1-16(2,7-13(20)21)9-23-10-17(3,4)8-14(22)24-15-11(18)5-6-12(15)19/h13,15,20-21H,5-10H2,1-4H3. The predicted molar refractivity (Wildman–Crippen MR) is 85.0 cm³/mol. The van der Waals surface area contributed by atoms with E-state index in [2.05, 4.69) is 0 Å². The Kier molecular flexibility index (Phi) is 7.07. The van der Waals surface area contributed by atoms with Crippen LogP contribution in [0.4, 0.5) is 0 Å². The predicted octanol–water partition coefficient (Wildman–Crippen LogP) is 0.990. The van der Waals surface area contributed by atoms with Gasteiger partial charge in [-0.25, -0.2) is 0 Å². The minimum Gasteiger partial charge on any atom is -0.446 e. The van der Waals surface area contributed by atoms with Gasteiger partial charge in [0.05, 0.1) is 19.6 Å². The lowest BCUT2D eigenvalue weighted by Gasteiger charge is -2.29. The van der Waals surface area contributed by atoms with Crippen LogP contribution in [0.15, 0.2) is 0 Å². The van der Waals surface area contributed by atoms with Crippen LogP contribution in [0.1, 0.15) is 53.4 Å². The highest BCUT2D eigenvalue weighted by atomic mass is 16.6. The summed E-state index contributed by atoms with van der Waals surface area (Å²) in [6.07, 6.45) is -2.16. The summed E-state index contributed by atoms with van der Waals surface area (Å²) in [7, 11) is 0. The van der Waals surface area contributed by atoms with Gasteiger partial charge in [-0.05, 0) is 10.8 Å². The van der Waals surface area contributed by atoms with Gasteiger partial charge in [0.15, 0.2) is 17.9 Å². The molecule has 138 valence electrons. The van der Waals surface area contributed by atoms with Crippen molar-refractivity contribution in [1.82, 2.24) is 0 Å². The molecule has 0 aromatic carbocycles. The van der Waals surface area contributed by atoms with Crippen LogP contribution in [0, 0.1) is 10.8 Å². The molecular formula is C17H28O7. The average Bonchev–Trinajstić information content (AvgIpc) is 2.67. The molecule has 0 radical (unpaired) electrons. The van der Waals surface area contributed by atoms with Crippen molar-refractivity contribution in [2.24, 2.45) is 10.8 Å². The summed E-state index contributed by atoms with van der Waals surface area (Å²) in [4.78, 5) is 34.9. The molecule has 2 N–H and O–H groups in total. The molecule has 1 fully saturated rings. The Balaban J connectivity index is 2.41. The molecule has 1 aliphatic rings. The van der Waals surface area contributed by atoms with Crippen molar-refractivity contribution in [3.05, 3.63) is 0 Å². The number of carbonyl (C=O) groups excluding carboxylic acids is 3. The number of Topliss-reactive ketones (excluding diaryl/α,β-unsaturated/α-hetero) is 2. The Hall–Kier alpha value is -1.31. The van der Waals surface area contributed by atoms with Gasteiger partial charge in [-0.1, -0.05) is 27.7 Å². The van der Waals surface area contributed by atoms with Gasteiger partial charge >= 0.3 is 5.97 Å². The summed E-state index contributed by atoms with van der Waals surface area (Å²) in [5, 5.41) is 18.1. The molecule has 0 amide bonds. The van der Waals surface area contributed by atoms with Crippen molar-refractivity contribution in [3.8, 4) is 0 Å². The van der Waals surface area contributed by atoms with Crippen molar-refractivity contribution in [1.29, 1.82) is 0 Å². The van der Waals surface area contributed by atoms with E-state index in [-0.39, 0.29) is 43.9 Å². The number of hydrogen-bond donors (Lipinski definition) is 2. The molecule has 0 spiro atoms. The first-order valence-electron chi connectivity index (χ1n) is 8.11. The fourth-order valence-electron chi connectivity index (χ4n) is 2.59. The van der Waals surface area contributed by atoms with Crippen LogP contribution in [-0.4, -0.2) is 53.4 Å². The third-order valence-electron chi connectivity index (χ3n) is 3.80. The SMILES string of the molecule is CC(C)(COCC(C)(C)CC(O)O)CC(=O)OC1C(=O)CCC1=O. The number of aliphatic hydroxyl groups is 2. The van der Waals surface area contributed by atoms with Crippen molar-refractivity contribution in [2.45, 2.75) is 65.8 Å². The molecule has 0 atom stereocenters. The second-order valence-corrected chi connectivity index (χ2v) is 7.99. The van der Waals surface area contributed by atoms with Crippen LogP contribution < -0.4 is 0 Å². The number of ether oxygens (including phenoxy) is 2. The zero-order valence-electron chi connectivity index (χ0n) is 14.8. The van der Waals surface area contributed by atoms with Gasteiger partial charge in [0.2, 0.25) is 6.10 Å². The summed E-state index contributed by atoms with van der Waals surface area (Å²) in [5.41, 5.74) is -0.941. The number of aliphatic hydroxyl groups excluding tert-OH is 1. The zero-order chi connectivity index (χ0) is 18.5. The molecule has 7 nitrogen and oxygen atoms in total. The molecule has 24 heavy (non-hydrogen) atoms. The van der Waals surface area contributed by atoms with E-state index >= 15 is 0 Å². The Morgan fingerprint density at radius 3 is 2.08 bits per heavy atom. The second kappa shape index (κ2) is 8.18. The van der Waals surface area contributed by atoms with Crippen molar-refractivity contribution in [3.63, 3.8) is 0 Å². The van der Waals surface area contributed by atoms with Gasteiger partial charge in [0.1, 0.15) is 0 Å². The Labute approximate surface area is 142 Å². The highest BCUT2D eigenvalue weighted by molar-refractivity contribution is 6.12. The van der Waals surface area contributed by atoms with E-state index in [0.717, 1.165) is 0 Å². The number of ketones is 2. The fraction of sp³-hybridized carbons (Fsp3) is 0.824. The number of hydrogen-bond acceptors (Lipinski definition) is 7. The van der Waals surface area contributed by atoms with Crippen molar-refractivity contribution >= 4 is 17.5 Å². The van der Waals surface area contributed by atoms with Crippen molar-refractivity contribution in [2.75, 3.05) is 13.2 Å². The maximum absolute atomic E-state index is 12.0. The van der Waals surface area contributed by atoms with Crippen LogP contribution in [-0.2, 0) is 23.9 Å². The minimum atomic E-state index is -1.40. The largest absolute Gasteiger partial charge is 0.446 e. The van der Waals surface area contributed by atoms with E-state index in [1.807, 2.05) is 27.7 Å². The van der Waals surface area contributed by atoms with E-state index in [9.17, 15) is 14.4 Å². The Morgan fingerprint density at radius 2 is 1.58 bits per heavy atom. The zero-order valence-corrected chi connectivity index (χ0v) is 14.8. The third-order valence-corrected chi connectivity index (χ3v) is 3.80. The molecule has 7 heteroatoms. The summed E-state index contributed by atoms with van der Waals surface area (Å²) in [5.74, 6) is -1.28. The Bertz CT molecular complexity index is 463. The fourth-order valence-corrected chi connectivity index (χ4v) is 2.59. The monoisotopic (exact) mass is 344 g/mol. The first-order chi connectivity index (χ1) is 10.9. The van der Waals surface area contributed by atoms with Gasteiger partial charge in [-0.3, -0.25) is 14.4 Å². The normalized spacial score (nSPS) is 17.0. The molecule has 0 unspecified atom stereocenters. The van der Waals surface area contributed by atoms with Gasteiger partial charge in [0, 0.05) is 19.3 Å². The molecule has 1 rings (SSSR count). The number of esters is 1. The van der Waals surface area contributed by atoms with Gasteiger partial charge < -0.3 is 19.7 Å². The van der Waals surface area contributed by atoms with E-state index < -0.39 is 29.2 Å². The highest BCUT2D eigenvalue weighted by Gasteiger charge is 2.37. The summed E-state index contributed by atoms with van der Waals surface area (Å²) < 4.78 is 10.6. The lowest BCUT2D eigenvalue weighted by molar-refractivity contribution is -0.160. The minimum absolute atomic E-state index is 0.0209. The molecular weight excluding hydrogens is 316 g/mol. The lowest BCUT2D eigenvalue weighted by Crippen LogP contribution is -2.33. The molecule has 0 bridgehead atoms. The lowest BCUT2D eigenvalue weighted by atomic mass is 9.88. The van der Waals surface area contributed by atoms with Crippen LogP contribution in [0.5, 0.6) is 0 Å². The summed E-state index contributed by atoms with van der Waals surface area (Å²) >= 11 is 0. The van der Waals surface area contributed by atoms with Crippen LogP contribution in [0.3, 0.4) is 0 Å². The first-order valence-corrected chi connectivity index (χ1v) is 8.11. The van der Waals surface area contributed by atoms with Gasteiger partial charge in [0.25, 0.3) is 0 Å². The third kappa shape index (κ3) is 7.07. The van der Waals surface area contributed by atoms with E-state index in [1.165, 1.54) is 0 Å². The maximum atomic E-state index is 12.0. The number of rotatable bonds is 9. The quantitative estimate of drug-likeness (QED) is 0.364. The molecule has 0 aromatic heterocycles. The molecule has 0 saturated heterocycles. The molecule has 1 aliphatic carbocycles. The summed E-state index contributed by atoms with van der Waals surface area (Å²) in [6, 6.07) is 0. The average molecular weight is 344 g/mol. The molecule has 0 aliphatic heterocycles. The summed E-state index contributed by atoms with van der Waals surface area (Å²) in [6.45, 7) is 7.92. The smallest absolute Gasteiger partial charge is 0.307 e. The van der Waals surface area contributed by atoms with Crippen LogP contribution in [0.2, 0.25) is 0 Å². The number of carbonyl (C=O) groups is 3. The van der Waals surface area contributed by atoms with Crippen LogP contribution in [0.25, 0.3) is 0 Å². The van der Waals surface area contributed by atoms with Crippen LogP contribution >= 0.6 is 0 Å². The van der Waals surface area contributed by atoms with E-state index in [0.29, 0.717) is 6.61 Å². The topological polar surface area (TPSA) is 110 Å². The molecule has 1 saturated carbocycles. The molecule has 0 heterocycles. The maximum Gasteiger partial charge on any atom is 0.307 e. The van der Waals surface area contributed by atoms with E-state index in [1.54, 1.807) is 0 Å². The highest BCUT2D eigenvalue weighted by Crippen LogP contribution is 2.26. The van der Waals surface area contributed by atoms with E-state index in [4.69, 9.17) is 19.7 Å². The van der Waals surface area contributed by atoms with Gasteiger partial charge in [-0.2, -0.15) is 0 Å². The first kappa shape index (κ1) is 20.7. The van der Waals surface area contributed by atoms with Crippen molar-refractivity contribution < 1.29 is 34.1 Å². The second-order valence-electron chi connectivity index (χ2n) is 7.99.